The number of hydrogen-bond acceptors (Lipinski definition) is 4. The van der Waals surface area contributed by atoms with Crippen molar-refractivity contribution in [3.8, 4) is 0 Å². The fourth-order valence-electron chi connectivity index (χ4n) is 2.78. The van der Waals surface area contributed by atoms with E-state index in [4.69, 9.17) is 4.74 Å². The number of esters is 1. The van der Waals surface area contributed by atoms with Crippen molar-refractivity contribution in [1.29, 1.82) is 0 Å². The molecule has 0 bridgehead atoms. The Morgan fingerprint density at radius 3 is 2.37 bits per heavy atom. The number of nitrogens with one attached hydrogen (secondary N) is 1. The third kappa shape index (κ3) is 3.35. The van der Waals surface area contributed by atoms with E-state index in [0.717, 1.165) is 43.9 Å². The molecule has 1 aliphatic carbocycles. The van der Waals surface area contributed by atoms with Crippen LogP contribution in [0.5, 0.6) is 0 Å². The van der Waals surface area contributed by atoms with Gasteiger partial charge in [-0.25, -0.2) is 9.59 Å². The van der Waals surface area contributed by atoms with E-state index in [-0.39, 0.29) is 12.0 Å². The average molecular weight is 286 g/mol. The number of hydrogen-bond donors (Lipinski definition) is 1. The second kappa shape index (κ2) is 6.50. The normalized spacial score (nSPS) is 22.7. The van der Waals surface area contributed by atoms with Gasteiger partial charge in [-0.1, -0.05) is 19.3 Å². The van der Waals surface area contributed by atoms with Crippen molar-refractivity contribution in [2.24, 2.45) is 0 Å². The number of rotatable bonds is 2. The van der Waals surface area contributed by atoms with Crippen LogP contribution in [0.15, 0.2) is 0 Å². The molecular weight excluding hydrogens is 264 g/mol. The van der Waals surface area contributed by atoms with Gasteiger partial charge in [0.2, 0.25) is 0 Å². The molecular formula is C13H22N2O3S. The molecule has 1 aliphatic heterocycles. The topological polar surface area (TPSA) is 58.6 Å². The van der Waals surface area contributed by atoms with Crippen LogP contribution in [0.2, 0.25) is 0 Å². The molecule has 19 heavy (non-hydrogen) atoms. The maximum atomic E-state index is 12.3. The second-order valence-electron chi connectivity index (χ2n) is 5.16. The summed E-state index contributed by atoms with van der Waals surface area (Å²) in [5.41, 5.74) is -0.797. The van der Waals surface area contributed by atoms with Crippen molar-refractivity contribution in [2.45, 2.75) is 37.6 Å². The first-order valence-corrected chi connectivity index (χ1v) is 8.07. The smallest absolute Gasteiger partial charge is 0.331 e. The molecule has 5 nitrogen and oxygen atoms in total. The summed E-state index contributed by atoms with van der Waals surface area (Å²) >= 11 is 1.86. The highest BCUT2D eigenvalue weighted by Crippen LogP contribution is 2.29. The number of methoxy groups -OCH3 is 1. The molecule has 1 N–H and O–H groups in total. The number of ether oxygens (including phenoxy) is 1. The Bertz CT molecular complexity index is 337. The summed E-state index contributed by atoms with van der Waals surface area (Å²) in [5.74, 6) is 1.64. The summed E-state index contributed by atoms with van der Waals surface area (Å²) in [6.07, 6.45) is 4.42. The van der Waals surface area contributed by atoms with E-state index in [1.807, 2.05) is 11.8 Å². The van der Waals surface area contributed by atoms with Crippen LogP contribution in [0, 0.1) is 0 Å². The van der Waals surface area contributed by atoms with Crippen molar-refractivity contribution >= 4 is 23.8 Å². The number of thioether (sulfide) groups is 1. The van der Waals surface area contributed by atoms with Crippen LogP contribution in [0.1, 0.15) is 32.1 Å². The Morgan fingerprint density at radius 1 is 1.16 bits per heavy atom. The summed E-state index contributed by atoms with van der Waals surface area (Å²) in [7, 11) is 1.39. The third-order valence-electron chi connectivity index (χ3n) is 3.93. The van der Waals surface area contributed by atoms with Gasteiger partial charge in [-0.2, -0.15) is 11.8 Å². The van der Waals surface area contributed by atoms with Gasteiger partial charge in [-0.15, -0.1) is 0 Å². The lowest BCUT2D eigenvalue weighted by Crippen LogP contribution is -2.59. The van der Waals surface area contributed by atoms with E-state index in [2.05, 4.69) is 5.32 Å². The Hall–Kier alpha value is -0.910. The van der Waals surface area contributed by atoms with E-state index in [1.54, 1.807) is 4.90 Å². The minimum atomic E-state index is -0.797. The number of nitrogens with zero attached hydrogens (tertiary/aromatic N) is 1. The fraction of sp³-hybridized carbons (Fsp3) is 0.846. The maximum absolute atomic E-state index is 12.3. The fourth-order valence-corrected chi connectivity index (χ4v) is 3.68. The van der Waals surface area contributed by atoms with Gasteiger partial charge in [0.05, 0.1) is 7.11 Å². The zero-order valence-electron chi connectivity index (χ0n) is 11.4. The minimum Gasteiger partial charge on any atom is -0.467 e. The molecule has 1 saturated carbocycles. The first-order chi connectivity index (χ1) is 9.18. The number of urea groups is 1. The standard InChI is InChI=1S/C13H22N2O3S/c1-18-11(16)13(5-3-2-4-6-13)14-12(17)15-7-9-19-10-8-15/h2-10H2,1H3,(H,14,17). The second-order valence-corrected chi connectivity index (χ2v) is 6.39. The zero-order valence-corrected chi connectivity index (χ0v) is 12.3. The zero-order chi connectivity index (χ0) is 13.7. The van der Waals surface area contributed by atoms with Gasteiger partial charge in [-0.3, -0.25) is 0 Å². The van der Waals surface area contributed by atoms with E-state index >= 15 is 0 Å². The molecule has 0 atom stereocenters. The number of amides is 2. The van der Waals surface area contributed by atoms with Crippen LogP contribution in [-0.2, 0) is 9.53 Å². The molecule has 0 aromatic heterocycles. The van der Waals surface area contributed by atoms with Gasteiger partial charge in [0.1, 0.15) is 5.54 Å². The molecule has 0 aromatic rings. The lowest BCUT2D eigenvalue weighted by molar-refractivity contribution is -0.149. The van der Waals surface area contributed by atoms with Gasteiger partial charge >= 0.3 is 12.0 Å². The highest BCUT2D eigenvalue weighted by Gasteiger charge is 2.42. The molecule has 0 aromatic carbocycles. The highest BCUT2D eigenvalue weighted by atomic mass is 32.2. The van der Waals surface area contributed by atoms with Crippen molar-refractivity contribution in [3.05, 3.63) is 0 Å². The van der Waals surface area contributed by atoms with Crippen molar-refractivity contribution in [3.63, 3.8) is 0 Å². The Balaban J connectivity index is 2.02. The summed E-state index contributed by atoms with van der Waals surface area (Å²) in [4.78, 5) is 26.1. The first kappa shape index (κ1) is 14.5. The van der Waals surface area contributed by atoms with Gasteiger partial charge in [-0.05, 0) is 12.8 Å². The predicted molar refractivity (Wildman–Crippen MR) is 75.3 cm³/mol. The first-order valence-electron chi connectivity index (χ1n) is 6.91. The average Bonchev–Trinajstić information content (AvgIpc) is 2.48. The summed E-state index contributed by atoms with van der Waals surface area (Å²) in [6.45, 7) is 1.52. The lowest BCUT2D eigenvalue weighted by Gasteiger charge is -2.37. The van der Waals surface area contributed by atoms with Crippen molar-refractivity contribution in [2.75, 3.05) is 31.7 Å². The largest absolute Gasteiger partial charge is 0.467 e. The SMILES string of the molecule is COC(=O)C1(NC(=O)N2CCSCC2)CCCCC1. The lowest BCUT2D eigenvalue weighted by atomic mass is 9.81. The Morgan fingerprint density at radius 2 is 1.79 bits per heavy atom. The van der Waals surface area contributed by atoms with Crippen LogP contribution in [-0.4, -0.2) is 54.1 Å². The van der Waals surface area contributed by atoms with Gasteiger partial charge in [0.15, 0.2) is 0 Å². The molecule has 2 aliphatic rings. The van der Waals surface area contributed by atoms with E-state index in [9.17, 15) is 9.59 Å². The van der Waals surface area contributed by atoms with Crippen LogP contribution in [0.4, 0.5) is 4.79 Å². The molecule has 1 saturated heterocycles. The molecule has 1 heterocycles. The molecule has 2 fully saturated rings. The summed E-state index contributed by atoms with van der Waals surface area (Å²) in [5, 5.41) is 2.96. The Labute approximate surface area is 118 Å². The molecule has 0 unspecified atom stereocenters. The predicted octanol–water partition coefficient (Wildman–Crippen LogP) is 1.62. The quantitative estimate of drug-likeness (QED) is 0.784. The number of carbonyl (C=O) groups is 2. The van der Waals surface area contributed by atoms with Crippen LogP contribution >= 0.6 is 11.8 Å². The Kier molecular flexibility index (Phi) is 4.96. The molecule has 2 amide bonds. The van der Waals surface area contributed by atoms with Crippen LogP contribution in [0.3, 0.4) is 0 Å². The van der Waals surface area contributed by atoms with Crippen LogP contribution < -0.4 is 5.32 Å². The molecule has 2 rings (SSSR count). The highest BCUT2D eigenvalue weighted by molar-refractivity contribution is 7.99. The molecule has 0 spiro atoms. The van der Waals surface area contributed by atoms with E-state index in [0.29, 0.717) is 12.8 Å². The monoisotopic (exact) mass is 286 g/mol. The van der Waals surface area contributed by atoms with Crippen molar-refractivity contribution in [1.82, 2.24) is 10.2 Å². The summed E-state index contributed by atoms with van der Waals surface area (Å²) < 4.78 is 4.90. The van der Waals surface area contributed by atoms with E-state index < -0.39 is 5.54 Å². The van der Waals surface area contributed by atoms with E-state index in [1.165, 1.54) is 7.11 Å². The van der Waals surface area contributed by atoms with Crippen molar-refractivity contribution < 1.29 is 14.3 Å². The molecule has 0 radical (unpaired) electrons. The summed E-state index contributed by atoms with van der Waals surface area (Å²) in [6, 6.07) is -0.118. The maximum Gasteiger partial charge on any atom is 0.331 e. The third-order valence-corrected chi connectivity index (χ3v) is 4.87. The van der Waals surface area contributed by atoms with Gasteiger partial charge < -0.3 is 15.0 Å². The van der Waals surface area contributed by atoms with Crippen LogP contribution in [0.25, 0.3) is 0 Å². The van der Waals surface area contributed by atoms with Gasteiger partial charge in [0, 0.05) is 24.6 Å². The number of carbonyl (C=O) groups excluding carboxylic acids is 2. The minimum absolute atomic E-state index is 0.118. The molecule has 108 valence electrons. The molecule has 6 heteroatoms. The van der Waals surface area contributed by atoms with Gasteiger partial charge in [0.25, 0.3) is 0 Å².